The normalized spacial score (nSPS) is 10.3. The zero-order chi connectivity index (χ0) is 11.4. The van der Waals surface area contributed by atoms with Crippen LogP contribution in [-0.2, 0) is 9.53 Å². The number of hydrogen-bond acceptors (Lipinski definition) is 2. The van der Waals surface area contributed by atoms with Crippen molar-refractivity contribution in [2.24, 2.45) is 0 Å². The minimum Gasteiger partial charge on any atom is -0.466 e. The van der Waals surface area contributed by atoms with Gasteiger partial charge in [0.2, 0.25) is 0 Å². The lowest BCUT2D eigenvalue weighted by molar-refractivity contribution is -0.143. The Morgan fingerprint density at radius 1 is 1.07 bits per heavy atom. The van der Waals surface area contributed by atoms with E-state index in [-0.39, 0.29) is 5.97 Å². The largest absolute Gasteiger partial charge is 0.466 e. The Morgan fingerprint density at radius 2 is 1.73 bits per heavy atom. The summed E-state index contributed by atoms with van der Waals surface area (Å²) >= 11 is 2.28. The van der Waals surface area contributed by atoms with E-state index in [2.05, 4.69) is 29.5 Å². The van der Waals surface area contributed by atoms with Gasteiger partial charge in [0.15, 0.2) is 0 Å². The summed E-state index contributed by atoms with van der Waals surface area (Å²) in [5.41, 5.74) is 0. The summed E-state index contributed by atoms with van der Waals surface area (Å²) in [5, 5.41) is 0. The molecule has 15 heavy (non-hydrogen) atoms. The molecular weight excluding hydrogens is 303 g/mol. The molecule has 0 aromatic carbocycles. The first-order chi connectivity index (χ1) is 7.31. The number of esters is 1. The predicted octanol–water partition coefficient (Wildman–Crippen LogP) is 4.11. The molecule has 90 valence electrons. The molecule has 0 aliphatic carbocycles. The molecule has 0 aliphatic heterocycles. The van der Waals surface area contributed by atoms with Crippen LogP contribution in [0.5, 0.6) is 0 Å². The van der Waals surface area contributed by atoms with E-state index in [1.54, 1.807) is 0 Å². The number of halogens is 1. The van der Waals surface area contributed by atoms with Gasteiger partial charge in [-0.15, -0.1) is 0 Å². The van der Waals surface area contributed by atoms with E-state index in [1.165, 1.54) is 32.1 Å². The lowest BCUT2D eigenvalue weighted by atomic mass is 10.1. The van der Waals surface area contributed by atoms with Crippen LogP contribution in [0.2, 0.25) is 0 Å². The van der Waals surface area contributed by atoms with E-state index in [9.17, 15) is 4.79 Å². The van der Waals surface area contributed by atoms with Crippen molar-refractivity contribution < 1.29 is 9.53 Å². The van der Waals surface area contributed by atoms with Gasteiger partial charge in [0.25, 0.3) is 0 Å². The highest BCUT2D eigenvalue weighted by Crippen LogP contribution is 2.05. The third-order valence-corrected chi connectivity index (χ3v) is 3.04. The van der Waals surface area contributed by atoms with E-state index >= 15 is 0 Å². The number of alkyl halides is 1. The SMILES string of the molecule is CCCCCCCCOC(=O)CCCI. The van der Waals surface area contributed by atoms with Crippen molar-refractivity contribution in [1.82, 2.24) is 0 Å². The van der Waals surface area contributed by atoms with E-state index in [4.69, 9.17) is 4.74 Å². The molecule has 0 amide bonds. The van der Waals surface area contributed by atoms with Crippen molar-refractivity contribution in [1.29, 1.82) is 0 Å². The van der Waals surface area contributed by atoms with Crippen LogP contribution in [0.1, 0.15) is 58.3 Å². The van der Waals surface area contributed by atoms with Crippen LogP contribution < -0.4 is 0 Å². The molecule has 0 fully saturated rings. The zero-order valence-electron chi connectivity index (χ0n) is 9.77. The Labute approximate surface area is 107 Å². The average molecular weight is 326 g/mol. The van der Waals surface area contributed by atoms with Crippen molar-refractivity contribution in [2.45, 2.75) is 58.3 Å². The second-order valence-electron chi connectivity index (χ2n) is 3.78. The van der Waals surface area contributed by atoms with E-state index in [0.29, 0.717) is 13.0 Å². The van der Waals surface area contributed by atoms with Crippen LogP contribution in [-0.4, -0.2) is 17.0 Å². The summed E-state index contributed by atoms with van der Waals surface area (Å²) in [6, 6.07) is 0. The quantitative estimate of drug-likeness (QED) is 0.261. The molecule has 0 aromatic heterocycles. The first kappa shape index (κ1) is 15.2. The fourth-order valence-electron chi connectivity index (χ4n) is 1.35. The maximum atomic E-state index is 11.1. The Hall–Kier alpha value is 0.200. The molecule has 0 unspecified atom stereocenters. The molecule has 0 N–H and O–H groups in total. The lowest BCUT2D eigenvalue weighted by Gasteiger charge is -2.03. The fourth-order valence-corrected chi connectivity index (χ4v) is 1.73. The molecular formula is C12H23IO2. The second-order valence-corrected chi connectivity index (χ2v) is 4.86. The van der Waals surface area contributed by atoms with Crippen molar-refractivity contribution in [2.75, 3.05) is 11.0 Å². The smallest absolute Gasteiger partial charge is 0.305 e. The van der Waals surface area contributed by atoms with Gasteiger partial charge in [-0.25, -0.2) is 0 Å². The van der Waals surface area contributed by atoms with Gasteiger partial charge in [0.05, 0.1) is 6.61 Å². The Balaban J connectivity index is 3.06. The van der Waals surface area contributed by atoms with Crippen LogP contribution >= 0.6 is 22.6 Å². The molecule has 0 rings (SSSR count). The van der Waals surface area contributed by atoms with Crippen molar-refractivity contribution in [3.05, 3.63) is 0 Å². The standard InChI is InChI=1S/C12H23IO2/c1-2-3-4-5-6-7-11-15-12(14)9-8-10-13/h2-11H2,1H3. The van der Waals surface area contributed by atoms with Gasteiger partial charge < -0.3 is 4.74 Å². The van der Waals surface area contributed by atoms with Gasteiger partial charge in [-0.1, -0.05) is 61.6 Å². The summed E-state index contributed by atoms with van der Waals surface area (Å²) < 4.78 is 6.14. The third kappa shape index (κ3) is 12.1. The Kier molecular flexibility index (Phi) is 12.4. The molecule has 0 saturated heterocycles. The second kappa shape index (κ2) is 12.3. The van der Waals surface area contributed by atoms with Crippen molar-refractivity contribution >= 4 is 28.6 Å². The highest BCUT2D eigenvalue weighted by molar-refractivity contribution is 14.1. The number of rotatable bonds is 10. The topological polar surface area (TPSA) is 26.3 Å². The van der Waals surface area contributed by atoms with E-state index < -0.39 is 0 Å². The summed E-state index contributed by atoms with van der Waals surface area (Å²) in [6.45, 7) is 2.83. The molecule has 0 radical (unpaired) electrons. The molecule has 3 heteroatoms. The Morgan fingerprint density at radius 3 is 2.40 bits per heavy atom. The summed E-state index contributed by atoms with van der Waals surface area (Å²) in [5.74, 6) is -0.0276. The summed E-state index contributed by atoms with van der Waals surface area (Å²) in [7, 11) is 0. The fraction of sp³-hybridized carbons (Fsp3) is 0.917. The molecule has 2 nitrogen and oxygen atoms in total. The van der Waals surface area contributed by atoms with E-state index in [1.807, 2.05) is 0 Å². The minimum atomic E-state index is -0.0276. The number of carbonyl (C=O) groups is 1. The van der Waals surface area contributed by atoms with Crippen LogP contribution in [0.3, 0.4) is 0 Å². The molecule has 0 aromatic rings. The monoisotopic (exact) mass is 326 g/mol. The maximum absolute atomic E-state index is 11.1. The van der Waals surface area contributed by atoms with Gasteiger partial charge in [-0.05, 0) is 12.8 Å². The first-order valence-electron chi connectivity index (χ1n) is 6.02. The third-order valence-electron chi connectivity index (χ3n) is 2.28. The molecule has 0 aliphatic rings. The highest BCUT2D eigenvalue weighted by Gasteiger charge is 2.00. The van der Waals surface area contributed by atoms with Crippen LogP contribution in [0.4, 0.5) is 0 Å². The van der Waals surface area contributed by atoms with Gasteiger partial charge in [-0.2, -0.15) is 0 Å². The van der Waals surface area contributed by atoms with Gasteiger partial charge in [0, 0.05) is 10.8 Å². The van der Waals surface area contributed by atoms with Gasteiger partial charge in [-0.3, -0.25) is 4.79 Å². The minimum absolute atomic E-state index is 0.0276. The first-order valence-corrected chi connectivity index (χ1v) is 7.55. The van der Waals surface area contributed by atoms with Gasteiger partial charge >= 0.3 is 5.97 Å². The maximum Gasteiger partial charge on any atom is 0.305 e. The number of ether oxygens (including phenoxy) is 1. The molecule has 0 spiro atoms. The number of carbonyl (C=O) groups excluding carboxylic acids is 1. The number of hydrogen-bond donors (Lipinski definition) is 0. The van der Waals surface area contributed by atoms with Crippen molar-refractivity contribution in [3.63, 3.8) is 0 Å². The Bertz CT molecular complexity index is 149. The van der Waals surface area contributed by atoms with Crippen LogP contribution in [0, 0.1) is 0 Å². The molecule has 0 saturated carbocycles. The molecule has 0 heterocycles. The number of unbranched alkanes of at least 4 members (excludes halogenated alkanes) is 5. The summed E-state index contributed by atoms with van der Waals surface area (Å²) in [4.78, 5) is 11.1. The van der Waals surface area contributed by atoms with Crippen LogP contribution in [0.15, 0.2) is 0 Å². The van der Waals surface area contributed by atoms with Crippen LogP contribution in [0.25, 0.3) is 0 Å². The van der Waals surface area contributed by atoms with Crippen molar-refractivity contribution in [3.8, 4) is 0 Å². The molecule has 0 atom stereocenters. The average Bonchev–Trinajstić information content (AvgIpc) is 2.25. The lowest BCUT2D eigenvalue weighted by Crippen LogP contribution is -2.05. The highest BCUT2D eigenvalue weighted by atomic mass is 127. The summed E-state index contributed by atoms with van der Waals surface area (Å²) in [6.07, 6.45) is 8.95. The molecule has 0 bridgehead atoms. The predicted molar refractivity (Wildman–Crippen MR) is 72.5 cm³/mol. The van der Waals surface area contributed by atoms with Gasteiger partial charge in [0.1, 0.15) is 0 Å². The zero-order valence-corrected chi connectivity index (χ0v) is 11.9. The van der Waals surface area contributed by atoms with E-state index in [0.717, 1.165) is 17.3 Å².